The standard InChI is InChI=1S/C79H89NO20Si/c1-52(81)89-51-65-68(94-53(2)82)70(95-54(3)83)66(80-74(84)61-39-25-26-40-62(61)75(80)85)76(96-65)100-71-67(90-45-57-31-17-9-18-32-57)63(49-87-43-55-27-13-7-14-28-55)97-77(72(71)91-46-58-33-19-10-20-34-58)99-69-64(50-88-44-56-29-15-8-16-30-56)98-78(86)79(41-42-101(4,5)6,93-48-60-37-23-12-24-38-60)73(69)92-47-59-35-21-11-22-36-59/h7-40,63-73,76-78,86H,41-51H2,1-6H3/t63-,64-,65-,66-,67+,68+,69+,70-,71+,72-,73+,76+,77-,78-,79-/m1/s1. The minimum Gasteiger partial charge on any atom is -0.463 e. The molecule has 3 saturated heterocycles. The first-order valence-corrected chi connectivity index (χ1v) is 37.9. The topological polar surface area (TPSA) is 238 Å². The van der Waals surface area contributed by atoms with Gasteiger partial charge in [0.1, 0.15) is 67.1 Å². The van der Waals surface area contributed by atoms with Gasteiger partial charge < -0.3 is 71.4 Å². The molecule has 101 heavy (non-hydrogen) atoms. The Hall–Kier alpha value is -8.17. The van der Waals surface area contributed by atoms with Gasteiger partial charge in [-0.25, -0.2) is 0 Å². The maximum Gasteiger partial charge on any atom is 0.303 e. The summed E-state index contributed by atoms with van der Waals surface area (Å²) >= 11 is 0. The van der Waals surface area contributed by atoms with Gasteiger partial charge in [-0.1, -0.05) is 220 Å². The second-order valence-corrected chi connectivity index (χ2v) is 32.4. The van der Waals surface area contributed by atoms with E-state index in [0.29, 0.717) is 11.6 Å². The van der Waals surface area contributed by atoms with Crippen molar-refractivity contribution in [1.29, 1.82) is 0 Å². The van der Waals surface area contributed by atoms with E-state index in [-0.39, 0.29) is 70.4 Å². The van der Waals surface area contributed by atoms with Crippen molar-refractivity contribution in [1.82, 2.24) is 4.90 Å². The van der Waals surface area contributed by atoms with Gasteiger partial charge in [0.25, 0.3) is 11.8 Å². The SMILES string of the molecule is CC(=O)OC[C@H]1O[C@@H](O[C@H]2[C@@H](OCc3ccccc3)[C@@H](COCc3ccccc3)O[C@H](O[C@H]3[C@@H](COCc4ccccc4)O[C@@H](O)[C@](CC[Si](C)(C)C)(OCc4ccccc4)[C@H]3OCc3ccccc3)[C@@H]2OCc2ccccc2)[C@H](N2C(=O)c3ccccc3C2=O)[C@@H](OC(C)=O)[C@H]1OC(C)=O. The van der Waals surface area contributed by atoms with Crippen LogP contribution in [0, 0.1) is 0 Å². The fourth-order valence-corrected chi connectivity index (χ4v) is 14.2. The lowest BCUT2D eigenvalue weighted by Crippen LogP contribution is -2.72. The number of nitrogens with zero attached hydrogens (tertiary/aromatic N) is 1. The molecule has 0 unspecified atom stereocenters. The van der Waals surface area contributed by atoms with Gasteiger partial charge in [0, 0.05) is 28.8 Å². The molecular weight excluding hydrogens is 1310 g/mol. The molecule has 7 aromatic rings. The normalized spacial score (nSPS) is 26.6. The van der Waals surface area contributed by atoms with Crippen molar-refractivity contribution >= 4 is 37.8 Å². The summed E-state index contributed by atoms with van der Waals surface area (Å²) in [4.78, 5) is 71.1. The van der Waals surface area contributed by atoms with Crippen molar-refractivity contribution in [3.8, 4) is 0 Å². The first kappa shape index (κ1) is 74.0. The highest BCUT2D eigenvalue weighted by Gasteiger charge is 2.63. The van der Waals surface area contributed by atoms with Crippen molar-refractivity contribution in [2.45, 2.75) is 184 Å². The Balaban J connectivity index is 1.11. The van der Waals surface area contributed by atoms with Gasteiger partial charge in [0.05, 0.1) is 64.0 Å². The van der Waals surface area contributed by atoms with Gasteiger partial charge in [-0.2, -0.15) is 0 Å². The summed E-state index contributed by atoms with van der Waals surface area (Å²) in [5.41, 5.74) is 3.15. The maximum atomic E-state index is 15.2. The molecule has 2 amide bonds. The molecule has 7 aromatic carbocycles. The molecule has 4 aliphatic heterocycles. The summed E-state index contributed by atoms with van der Waals surface area (Å²) in [6.07, 6.45) is -18.9. The number of amides is 2. The van der Waals surface area contributed by atoms with Crippen LogP contribution in [0.3, 0.4) is 0 Å². The van der Waals surface area contributed by atoms with Gasteiger partial charge >= 0.3 is 17.9 Å². The lowest BCUT2D eigenvalue weighted by molar-refractivity contribution is -0.401. The Kier molecular flexibility index (Phi) is 25.8. The number of rotatable bonds is 32. The number of esters is 3. The minimum atomic E-state index is -2.03. The molecule has 22 heteroatoms. The molecule has 0 aromatic heterocycles. The molecule has 4 aliphatic rings. The first-order chi connectivity index (χ1) is 48.9. The molecule has 21 nitrogen and oxygen atoms in total. The van der Waals surface area contributed by atoms with E-state index in [0.717, 1.165) is 46.6 Å². The Morgan fingerprint density at radius 1 is 0.436 bits per heavy atom. The number of benzene rings is 7. The van der Waals surface area contributed by atoms with Crippen molar-refractivity contribution in [2.24, 2.45) is 0 Å². The van der Waals surface area contributed by atoms with E-state index < -0.39 is 136 Å². The lowest BCUT2D eigenvalue weighted by Gasteiger charge is -2.54. The highest BCUT2D eigenvalue weighted by molar-refractivity contribution is 6.76. The number of hydrogen-bond acceptors (Lipinski definition) is 20. The van der Waals surface area contributed by atoms with Gasteiger partial charge in [0.2, 0.25) is 0 Å². The van der Waals surface area contributed by atoms with E-state index in [4.69, 9.17) is 66.3 Å². The molecule has 11 rings (SSSR count). The van der Waals surface area contributed by atoms with Crippen LogP contribution in [0.2, 0.25) is 25.7 Å². The first-order valence-electron chi connectivity index (χ1n) is 34.2. The third-order valence-corrected chi connectivity index (χ3v) is 19.8. The van der Waals surface area contributed by atoms with Crippen LogP contribution in [0.15, 0.2) is 206 Å². The fraction of sp³-hybridized carbons (Fsp3) is 0.405. The number of ether oxygens (including phenoxy) is 14. The third kappa shape index (κ3) is 19.3. The van der Waals surface area contributed by atoms with Crippen molar-refractivity contribution in [2.75, 3.05) is 19.8 Å². The molecule has 15 atom stereocenters. The number of carbonyl (C=O) groups is 5. The molecule has 4 heterocycles. The van der Waals surface area contributed by atoms with Crippen molar-refractivity contribution < 1.29 is 95.4 Å². The predicted molar refractivity (Wildman–Crippen MR) is 370 cm³/mol. The monoisotopic (exact) mass is 1400 g/mol. The van der Waals surface area contributed by atoms with Gasteiger partial charge in [-0.05, 0) is 51.9 Å². The van der Waals surface area contributed by atoms with E-state index in [2.05, 4.69) is 19.6 Å². The maximum absolute atomic E-state index is 15.2. The average molecular weight is 1400 g/mol. The second kappa shape index (κ2) is 35.1. The zero-order chi connectivity index (χ0) is 70.9. The van der Waals surface area contributed by atoms with Crippen LogP contribution in [0.5, 0.6) is 0 Å². The van der Waals surface area contributed by atoms with E-state index in [1.54, 1.807) is 12.1 Å². The minimum absolute atomic E-state index is 0.0141. The summed E-state index contributed by atoms with van der Waals surface area (Å²) in [5.74, 6) is -4.13. The van der Waals surface area contributed by atoms with Crippen molar-refractivity contribution in [3.05, 3.63) is 251 Å². The molecule has 0 aliphatic carbocycles. The zero-order valence-electron chi connectivity index (χ0n) is 57.6. The highest BCUT2D eigenvalue weighted by atomic mass is 28.3. The largest absolute Gasteiger partial charge is 0.463 e. The summed E-state index contributed by atoms with van der Waals surface area (Å²) in [7, 11) is -2.03. The van der Waals surface area contributed by atoms with E-state index in [1.807, 2.05) is 182 Å². The smallest absolute Gasteiger partial charge is 0.303 e. The van der Waals surface area contributed by atoms with Crippen LogP contribution in [-0.4, -0.2) is 159 Å². The summed E-state index contributed by atoms with van der Waals surface area (Å²) < 4.78 is 97.0. The van der Waals surface area contributed by atoms with Gasteiger partial charge in [-0.15, -0.1) is 0 Å². The molecule has 0 bridgehead atoms. The van der Waals surface area contributed by atoms with E-state index in [9.17, 15) is 19.5 Å². The summed E-state index contributed by atoms with van der Waals surface area (Å²) in [6, 6.07) is 62.2. The van der Waals surface area contributed by atoms with E-state index >= 15 is 9.59 Å². The van der Waals surface area contributed by atoms with Crippen molar-refractivity contribution in [3.63, 3.8) is 0 Å². The Labute approximate surface area is 590 Å². The van der Waals surface area contributed by atoms with Gasteiger partial charge in [-0.3, -0.25) is 28.9 Å². The summed E-state index contributed by atoms with van der Waals surface area (Å²) in [5, 5.41) is 13.1. The number of aliphatic hydroxyl groups is 1. The highest BCUT2D eigenvalue weighted by Crippen LogP contribution is 2.45. The van der Waals surface area contributed by atoms with Crippen LogP contribution in [0.25, 0.3) is 0 Å². The second-order valence-electron chi connectivity index (χ2n) is 26.8. The third-order valence-electron chi connectivity index (χ3n) is 18.1. The van der Waals surface area contributed by atoms with Crippen LogP contribution in [0.4, 0.5) is 0 Å². The van der Waals surface area contributed by atoms with Crippen LogP contribution >= 0.6 is 0 Å². The number of fused-ring (bicyclic) bond motifs is 1. The zero-order valence-corrected chi connectivity index (χ0v) is 58.6. The predicted octanol–water partition coefficient (Wildman–Crippen LogP) is 10.9. The molecular formula is C79H89NO20Si. The fourth-order valence-electron chi connectivity index (χ4n) is 13.1. The van der Waals surface area contributed by atoms with Gasteiger partial charge in [0.15, 0.2) is 31.1 Å². The Morgan fingerprint density at radius 2 is 0.832 bits per heavy atom. The molecule has 0 spiro atoms. The molecule has 0 radical (unpaired) electrons. The lowest BCUT2D eigenvalue weighted by atomic mass is 9.83. The van der Waals surface area contributed by atoms with E-state index in [1.165, 1.54) is 19.1 Å². The Morgan fingerprint density at radius 3 is 1.30 bits per heavy atom. The number of imide groups is 1. The molecule has 3 fully saturated rings. The molecule has 1 N–H and O–H groups in total. The van der Waals surface area contributed by atoms with Crippen LogP contribution in [-0.2, 0) is 120 Å². The average Bonchev–Trinajstić information content (AvgIpc) is 0.961. The number of carbonyl (C=O) groups excluding carboxylic acids is 5. The summed E-state index contributed by atoms with van der Waals surface area (Å²) in [6.45, 7) is 9.27. The van der Waals surface area contributed by atoms with Crippen LogP contribution < -0.4 is 0 Å². The molecule has 534 valence electrons. The molecule has 0 saturated carbocycles. The Bertz CT molecular complexity index is 3750. The number of hydrogen-bond donors (Lipinski definition) is 1. The quantitative estimate of drug-likeness (QED) is 0.0178. The van der Waals surface area contributed by atoms with Crippen LogP contribution in [0.1, 0.15) is 81.3 Å². The number of aliphatic hydroxyl groups excluding tert-OH is 1.